The normalized spacial score (nSPS) is 10.1. The number of nitrogens with two attached hydrogens (primary N) is 1. The van der Waals surface area contributed by atoms with Gasteiger partial charge in [0.25, 0.3) is 0 Å². The third-order valence-corrected chi connectivity index (χ3v) is 2.24. The van der Waals surface area contributed by atoms with Crippen LogP contribution < -0.4 is 5.73 Å². The van der Waals surface area contributed by atoms with Crippen LogP contribution in [0.25, 0.3) is 0 Å². The fourth-order valence-electron chi connectivity index (χ4n) is 0.746. The molecule has 1 aromatic rings. The van der Waals surface area contributed by atoms with Gasteiger partial charge in [-0.3, -0.25) is 10.1 Å². The number of hydrogen-bond donors (Lipinski definition) is 2. The van der Waals surface area contributed by atoms with Crippen LogP contribution in [0.4, 0.5) is 11.6 Å². The summed E-state index contributed by atoms with van der Waals surface area (Å²) in [6.45, 7) is -0.0777. The number of nitro groups is 1. The summed E-state index contributed by atoms with van der Waals surface area (Å²) in [6.07, 6.45) is 1.06. The zero-order chi connectivity index (χ0) is 10.6. The van der Waals surface area contributed by atoms with Crippen LogP contribution in [-0.2, 0) is 0 Å². The highest BCUT2D eigenvalue weighted by Gasteiger charge is 2.16. The van der Waals surface area contributed by atoms with Crippen molar-refractivity contribution >= 4 is 23.4 Å². The van der Waals surface area contributed by atoms with E-state index in [0.29, 0.717) is 5.75 Å². The number of aliphatic hydroxyl groups is 1. The maximum atomic E-state index is 10.5. The van der Waals surface area contributed by atoms with Crippen LogP contribution >= 0.6 is 11.8 Å². The molecule has 7 nitrogen and oxygen atoms in total. The molecule has 0 amide bonds. The largest absolute Gasteiger partial charge is 0.396 e. The molecule has 0 atom stereocenters. The molecule has 8 heteroatoms. The lowest BCUT2D eigenvalue weighted by Gasteiger charge is -2.00. The zero-order valence-electron chi connectivity index (χ0n) is 7.08. The number of anilines is 1. The summed E-state index contributed by atoms with van der Waals surface area (Å²) in [6, 6.07) is 0. The Hall–Kier alpha value is -1.41. The van der Waals surface area contributed by atoms with Gasteiger partial charge in [0, 0.05) is 5.75 Å². The van der Waals surface area contributed by atoms with Gasteiger partial charge in [-0.05, 0) is 0 Å². The zero-order valence-corrected chi connectivity index (χ0v) is 7.90. The molecule has 0 radical (unpaired) electrons. The molecule has 0 spiro atoms. The third-order valence-electron chi connectivity index (χ3n) is 1.28. The minimum atomic E-state index is -0.584. The predicted molar refractivity (Wildman–Crippen MR) is 50.9 cm³/mol. The van der Waals surface area contributed by atoms with Gasteiger partial charge in [0.1, 0.15) is 6.20 Å². The summed E-state index contributed by atoms with van der Waals surface area (Å²) in [5, 5.41) is 19.2. The van der Waals surface area contributed by atoms with Crippen molar-refractivity contribution in [1.29, 1.82) is 0 Å². The van der Waals surface area contributed by atoms with E-state index >= 15 is 0 Å². The molecule has 0 unspecified atom stereocenters. The van der Waals surface area contributed by atoms with E-state index in [1.807, 2.05) is 0 Å². The van der Waals surface area contributed by atoms with E-state index in [0.717, 1.165) is 18.0 Å². The van der Waals surface area contributed by atoms with Crippen molar-refractivity contribution in [2.45, 2.75) is 5.03 Å². The Morgan fingerprint density at radius 2 is 2.43 bits per heavy atom. The Kier molecular flexibility index (Phi) is 3.60. The van der Waals surface area contributed by atoms with Gasteiger partial charge < -0.3 is 10.8 Å². The Balaban J connectivity index is 2.97. The van der Waals surface area contributed by atoms with E-state index in [-0.39, 0.29) is 23.3 Å². The van der Waals surface area contributed by atoms with Crippen molar-refractivity contribution in [3.63, 3.8) is 0 Å². The van der Waals surface area contributed by atoms with Crippen molar-refractivity contribution < 1.29 is 10.0 Å². The maximum Gasteiger partial charge on any atom is 0.319 e. The van der Waals surface area contributed by atoms with E-state index < -0.39 is 4.92 Å². The van der Waals surface area contributed by atoms with Crippen LogP contribution in [0.5, 0.6) is 0 Å². The summed E-state index contributed by atoms with van der Waals surface area (Å²) in [7, 11) is 0. The molecule has 0 aliphatic heterocycles. The first-order valence-electron chi connectivity index (χ1n) is 3.65. The molecular formula is C6H8N4O3S. The van der Waals surface area contributed by atoms with Crippen LogP contribution in [0, 0.1) is 10.1 Å². The van der Waals surface area contributed by atoms with Crippen LogP contribution in [0.15, 0.2) is 11.2 Å². The summed E-state index contributed by atoms with van der Waals surface area (Å²) in [5.41, 5.74) is 5.08. The van der Waals surface area contributed by atoms with Gasteiger partial charge in [-0.15, -0.1) is 0 Å². The number of rotatable bonds is 4. The molecule has 1 heterocycles. The second-order valence-electron chi connectivity index (χ2n) is 2.25. The second-order valence-corrected chi connectivity index (χ2v) is 3.33. The summed E-state index contributed by atoms with van der Waals surface area (Å²) in [4.78, 5) is 17.1. The number of aromatic nitrogens is 2. The van der Waals surface area contributed by atoms with E-state index in [9.17, 15) is 10.1 Å². The molecule has 14 heavy (non-hydrogen) atoms. The monoisotopic (exact) mass is 216 g/mol. The first-order chi connectivity index (χ1) is 6.65. The lowest BCUT2D eigenvalue weighted by atomic mass is 10.5. The van der Waals surface area contributed by atoms with Crippen molar-refractivity contribution in [1.82, 2.24) is 9.97 Å². The van der Waals surface area contributed by atoms with Crippen LogP contribution in [0.3, 0.4) is 0 Å². The van der Waals surface area contributed by atoms with Crippen LogP contribution in [0.1, 0.15) is 0 Å². The first kappa shape index (κ1) is 10.7. The molecule has 0 bridgehead atoms. The standard InChI is InChI=1S/C6H8N4O3S/c7-6-8-3-4(10(12)13)5(9-6)14-2-1-11/h3,11H,1-2H2,(H2,7,8,9). The van der Waals surface area contributed by atoms with E-state index in [2.05, 4.69) is 9.97 Å². The number of hydrogen-bond acceptors (Lipinski definition) is 7. The number of thioether (sulfide) groups is 1. The van der Waals surface area contributed by atoms with Crippen LogP contribution in [0.2, 0.25) is 0 Å². The maximum absolute atomic E-state index is 10.5. The van der Waals surface area contributed by atoms with Gasteiger partial charge in [-0.2, -0.15) is 4.98 Å². The van der Waals surface area contributed by atoms with Crippen molar-refractivity contribution in [3.8, 4) is 0 Å². The van der Waals surface area contributed by atoms with E-state index in [1.165, 1.54) is 0 Å². The van der Waals surface area contributed by atoms with Gasteiger partial charge in [-0.1, -0.05) is 11.8 Å². The molecule has 0 aliphatic carbocycles. The Morgan fingerprint density at radius 3 is 3.00 bits per heavy atom. The minimum absolute atomic E-state index is 0.0176. The van der Waals surface area contributed by atoms with Gasteiger partial charge in [0.05, 0.1) is 11.5 Å². The third kappa shape index (κ3) is 2.54. The number of nitrogen functional groups attached to an aromatic ring is 1. The Morgan fingerprint density at radius 1 is 1.71 bits per heavy atom. The summed E-state index contributed by atoms with van der Waals surface area (Å²) < 4.78 is 0. The molecule has 1 aromatic heterocycles. The van der Waals surface area contributed by atoms with Crippen molar-refractivity contribution in [2.75, 3.05) is 18.1 Å². The lowest BCUT2D eigenvalue weighted by Crippen LogP contribution is -2.01. The molecule has 0 aliphatic rings. The van der Waals surface area contributed by atoms with Crippen LogP contribution in [-0.4, -0.2) is 32.4 Å². The van der Waals surface area contributed by atoms with Gasteiger partial charge >= 0.3 is 5.69 Å². The molecule has 0 saturated carbocycles. The molecule has 76 valence electrons. The predicted octanol–water partition coefficient (Wildman–Crippen LogP) is 0.0514. The molecular weight excluding hydrogens is 208 g/mol. The molecule has 1 rings (SSSR count). The Labute approximate surface area is 83.5 Å². The fourth-order valence-corrected chi connectivity index (χ4v) is 1.46. The fraction of sp³-hybridized carbons (Fsp3) is 0.333. The van der Waals surface area contributed by atoms with Gasteiger partial charge in [0.2, 0.25) is 5.95 Å². The first-order valence-corrected chi connectivity index (χ1v) is 4.64. The highest BCUT2D eigenvalue weighted by atomic mass is 32.2. The second kappa shape index (κ2) is 4.72. The van der Waals surface area contributed by atoms with E-state index in [4.69, 9.17) is 10.8 Å². The average molecular weight is 216 g/mol. The molecule has 0 aromatic carbocycles. The van der Waals surface area contributed by atoms with Gasteiger partial charge in [-0.25, -0.2) is 4.98 Å². The summed E-state index contributed by atoms with van der Waals surface area (Å²) in [5.74, 6) is 0.313. The number of aliphatic hydroxyl groups excluding tert-OH is 1. The Bertz CT molecular complexity index is 346. The molecule has 3 N–H and O–H groups in total. The average Bonchev–Trinajstić information content (AvgIpc) is 2.14. The topological polar surface area (TPSA) is 115 Å². The number of nitrogens with zero attached hydrogens (tertiary/aromatic N) is 3. The molecule has 0 fully saturated rings. The molecule has 0 saturated heterocycles. The highest BCUT2D eigenvalue weighted by molar-refractivity contribution is 7.99. The highest BCUT2D eigenvalue weighted by Crippen LogP contribution is 2.26. The van der Waals surface area contributed by atoms with Crippen molar-refractivity contribution in [3.05, 3.63) is 16.3 Å². The summed E-state index contributed by atoms with van der Waals surface area (Å²) >= 11 is 1.07. The van der Waals surface area contributed by atoms with Crippen molar-refractivity contribution in [2.24, 2.45) is 0 Å². The smallest absolute Gasteiger partial charge is 0.319 e. The lowest BCUT2D eigenvalue weighted by molar-refractivity contribution is -0.388. The van der Waals surface area contributed by atoms with Gasteiger partial charge in [0.15, 0.2) is 5.03 Å². The minimum Gasteiger partial charge on any atom is -0.396 e. The van der Waals surface area contributed by atoms with E-state index in [1.54, 1.807) is 0 Å². The SMILES string of the molecule is Nc1ncc([N+](=O)[O-])c(SCCO)n1. The quantitative estimate of drug-likeness (QED) is 0.316.